The molecule has 1 aromatic rings. The van der Waals surface area contributed by atoms with Gasteiger partial charge in [-0.2, -0.15) is 0 Å². The molecule has 1 heterocycles. The summed E-state index contributed by atoms with van der Waals surface area (Å²) in [7, 11) is 0. The van der Waals surface area contributed by atoms with Crippen molar-refractivity contribution in [2.24, 2.45) is 0 Å². The van der Waals surface area contributed by atoms with Gasteiger partial charge in [0.1, 0.15) is 11.5 Å². The lowest BCUT2D eigenvalue weighted by atomic mass is 10.2. The Kier molecular flexibility index (Phi) is 2.88. The van der Waals surface area contributed by atoms with Crippen LogP contribution < -0.4 is 5.32 Å². The molecule has 3 N–H and O–H groups in total. The third kappa shape index (κ3) is 2.27. The lowest BCUT2D eigenvalue weighted by molar-refractivity contribution is 0.235. The van der Waals surface area contributed by atoms with E-state index in [-0.39, 0.29) is 17.5 Å². The van der Waals surface area contributed by atoms with E-state index in [1.165, 1.54) is 18.2 Å². The van der Waals surface area contributed by atoms with E-state index in [4.69, 9.17) is 16.3 Å². The average Bonchev–Trinajstić information content (AvgIpc) is 2.58. The number of anilines is 1. The first-order valence-electron chi connectivity index (χ1n) is 4.60. The number of phenols is 2. The van der Waals surface area contributed by atoms with Crippen LogP contribution in [0.25, 0.3) is 0 Å². The first kappa shape index (κ1) is 10.4. The number of hydrogen-bond acceptors (Lipinski definition) is 4. The molecule has 2 rings (SSSR count). The van der Waals surface area contributed by atoms with Crippen molar-refractivity contribution in [2.45, 2.75) is 12.5 Å². The molecule has 0 bridgehead atoms. The minimum absolute atomic E-state index is 0.0733. The summed E-state index contributed by atoms with van der Waals surface area (Å²) in [6.07, 6.45) is 0.744. The van der Waals surface area contributed by atoms with Gasteiger partial charge < -0.3 is 20.3 Å². The summed E-state index contributed by atoms with van der Waals surface area (Å²) in [4.78, 5) is 0. The molecular formula is C10H11ClNO3. The number of ether oxygens (including phenoxy) is 1. The zero-order valence-electron chi connectivity index (χ0n) is 7.90. The third-order valence-electron chi connectivity index (χ3n) is 2.23. The Balaban J connectivity index is 2.12. The Hall–Kier alpha value is -1.13. The van der Waals surface area contributed by atoms with Gasteiger partial charge in [-0.3, -0.25) is 0 Å². The summed E-state index contributed by atoms with van der Waals surface area (Å²) in [6, 6.07) is 4.15. The highest BCUT2D eigenvalue weighted by molar-refractivity contribution is 6.26. The molecule has 1 atom stereocenters. The van der Waals surface area contributed by atoms with E-state index in [9.17, 15) is 10.2 Å². The van der Waals surface area contributed by atoms with Crippen molar-refractivity contribution in [3.63, 3.8) is 0 Å². The van der Waals surface area contributed by atoms with Gasteiger partial charge in [0.05, 0.1) is 18.3 Å². The van der Waals surface area contributed by atoms with Crippen molar-refractivity contribution in [2.75, 3.05) is 11.9 Å². The van der Waals surface area contributed by atoms with Crippen LogP contribution in [0.3, 0.4) is 0 Å². The molecule has 0 aromatic heterocycles. The Morgan fingerprint density at radius 2 is 2.20 bits per heavy atom. The number of halogens is 1. The molecule has 0 spiro atoms. The zero-order valence-corrected chi connectivity index (χ0v) is 8.66. The monoisotopic (exact) mass is 228 g/mol. The maximum absolute atomic E-state index is 9.51. The van der Waals surface area contributed by atoms with Gasteiger partial charge >= 0.3 is 0 Å². The molecule has 4 nitrogen and oxygen atoms in total. The van der Waals surface area contributed by atoms with Gasteiger partial charge in [0.25, 0.3) is 0 Å². The van der Waals surface area contributed by atoms with Crippen LogP contribution >= 0.6 is 11.6 Å². The molecule has 15 heavy (non-hydrogen) atoms. The van der Waals surface area contributed by atoms with Crippen LogP contribution in [0.5, 0.6) is 11.5 Å². The summed E-state index contributed by atoms with van der Waals surface area (Å²) in [5, 5.41) is 21.8. The Bertz CT molecular complexity index is 359. The summed E-state index contributed by atoms with van der Waals surface area (Å²) in [5.41, 5.74) is 0.835. The van der Waals surface area contributed by atoms with E-state index in [0.29, 0.717) is 17.9 Å². The lowest BCUT2D eigenvalue weighted by Gasteiger charge is -2.15. The predicted octanol–water partition coefficient (Wildman–Crippen LogP) is 2.03. The summed E-state index contributed by atoms with van der Waals surface area (Å²) in [6.45, 7) is 0.566. The third-order valence-corrected chi connectivity index (χ3v) is 2.60. The van der Waals surface area contributed by atoms with E-state index in [1.54, 1.807) is 0 Å². The summed E-state index contributed by atoms with van der Waals surface area (Å²) in [5.74, 6) is 0.162. The van der Waals surface area contributed by atoms with Gasteiger partial charge in [0.2, 0.25) is 5.56 Å². The van der Waals surface area contributed by atoms with Crippen molar-refractivity contribution in [1.29, 1.82) is 0 Å². The molecule has 1 aliphatic heterocycles. The maximum atomic E-state index is 9.51. The molecule has 5 heteroatoms. The second kappa shape index (κ2) is 4.16. The van der Waals surface area contributed by atoms with Crippen molar-refractivity contribution in [1.82, 2.24) is 0 Å². The van der Waals surface area contributed by atoms with Crippen molar-refractivity contribution in [3.8, 4) is 11.5 Å². The highest BCUT2D eigenvalue weighted by atomic mass is 35.5. The molecule has 0 aliphatic carbocycles. The highest BCUT2D eigenvalue weighted by Gasteiger charge is 2.28. The summed E-state index contributed by atoms with van der Waals surface area (Å²) < 4.78 is 5.08. The van der Waals surface area contributed by atoms with Gasteiger partial charge in [-0.1, -0.05) is 11.6 Å². The zero-order chi connectivity index (χ0) is 10.8. The Morgan fingerprint density at radius 3 is 2.87 bits per heavy atom. The first-order valence-corrected chi connectivity index (χ1v) is 4.98. The minimum Gasteiger partial charge on any atom is -0.508 e. The molecule has 1 aromatic carbocycles. The molecule has 1 radical (unpaired) electrons. The van der Waals surface area contributed by atoms with Crippen LogP contribution in [-0.4, -0.2) is 22.9 Å². The van der Waals surface area contributed by atoms with E-state index in [2.05, 4.69) is 5.32 Å². The molecular weight excluding hydrogens is 218 g/mol. The molecule has 1 aliphatic rings. The lowest BCUT2D eigenvalue weighted by Crippen LogP contribution is -2.19. The normalized spacial score (nSPS) is 21.8. The van der Waals surface area contributed by atoms with Gasteiger partial charge in [0, 0.05) is 6.07 Å². The second-order valence-corrected chi connectivity index (χ2v) is 3.71. The molecule has 1 saturated heterocycles. The maximum Gasteiger partial charge on any atom is 0.206 e. The van der Waals surface area contributed by atoms with Crippen LogP contribution in [0.1, 0.15) is 6.42 Å². The number of benzene rings is 1. The number of aromatic hydroxyl groups is 2. The fourth-order valence-electron chi connectivity index (χ4n) is 1.44. The van der Waals surface area contributed by atoms with Gasteiger partial charge in [0.15, 0.2) is 0 Å². The van der Waals surface area contributed by atoms with Crippen molar-refractivity contribution >= 4 is 17.3 Å². The Labute approximate surface area is 92.4 Å². The fraction of sp³-hybridized carbons (Fsp3) is 0.300. The largest absolute Gasteiger partial charge is 0.508 e. The van der Waals surface area contributed by atoms with Crippen LogP contribution in [0.4, 0.5) is 5.69 Å². The summed E-state index contributed by atoms with van der Waals surface area (Å²) >= 11 is 5.81. The molecule has 81 valence electrons. The van der Waals surface area contributed by atoms with Crippen LogP contribution in [0.2, 0.25) is 0 Å². The van der Waals surface area contributed by atoms with Crippen LogP contribution in [0.15, 0.2) is 18.2 Å². The number of rotatable bonds is 2. The van der Waals surface area contributed by atoms with Gasteiger partial charge in [-0.05, 0) is 18.6 Å². The Morgan fingerprint density at radius 1 is 1.40 bits per heavy atom. The second-order valence-electron chi connectivity index (χ2n) is 3.34. The van der Waals surface area contributed by atoms with Gasteiger partial charge in [-0.25, -0.2) is 0 Å². The van der Waals surface area contributed by atoms with E-state index >= 15 is 0 Å². The van der Waals surface area contributed by atoms with E-state index in [0.717, 1.165) is 6.42 Å². The number of hydrogen-bond donors (Lipinski definition) is 3. The van der Waals surface area contributed by atoms with E-state index in [1.807, 2.05) is 0 Å². The predicted molar refractivity (Wildman–Crippen MR) is 56.8 cm³/mol. The topological polar surface area (TPSA) is 61.7 Å². The minimum atomic E-state index is -0.126. The van der Waals surface area contributed by atoms with Gasteiger partial charge in [-0.15, -0.1) is 0 Å². The van der Waals surface area contributed by atoms with Crippen molar-refractivity contribution < 1.29 is 14.9 Å². The number of nitrogens with one attached hydrogen (secondary N) is 1. The number of phenolic OH excluding ortho intramolecular Hbond substituents is 2. The van der Waals surface area contributed by atoms with Crippen LogP contribution in [-0.2, 0) is 4.74 Å². The average molecular weight is 229 g/mol. The van der Waals surface area contributed by atoms with E-state index < -0.39 is 0 Å². The molecule has 1 fully saturated rings. The standard InChI is InChI=1S/C10H11ClNO3/c11-10-7(3-4-15-10)12-8-5-6(13)1-2-9(8)14/h1-2,5,7,12-14H,3-4H2. The molecule has 1 unspecified atom stereocenters. The quantitative estimate of drug-likeness (QED) is 0.536. The molecule has 0 amide bonds. The van der Waals surface area contributed by atoms with Crippen LogP contribution in [0, 0.1) is 5.56 Å². The first-order chi connectivity index (χ1) is 7.16. The molecule has 0 saturated carbocycles. The SMILES string of the molecule is Oc1ccc(O)c(NC2CCO[C]2Cl)c1. The smallest absolute Gasteiger partial charge is 0.206 e. The van der Waals surface area contributed by atoms with Crippen molar-refractivity contribution in [3.05, 3.63) is 23.8 Å². The highest BCUT2D eigenvalue weighted by Crippen LogP contribution is 2.32. The fourth-order valence-corrected chi connectivity index (χ4v) is 1.69.